The molecule has 1 atom stereocenters. The van der Waals surface area contributed by atoms with Crippen molar-refractivity contribution in [2.45, 2.75) is 33.7 Å². The van der Waals surface area contributed by atoms with Crippen molar-refractivity contribution in [3.8, 4) is 0 Å². The molecule has 112 valence electrons. The van der Waals surface area contributed by atoms with E-state index in [9.17, 15) is 13.2 Å². The van der Waals surface area contributed by atoms with E-state index in [1.54, 1.807) is 11.0 Å². The quantitative estimate of drug-likeness (QED) is 0.794. The maximum absolute atomic E-state index is 12.5. The van der Waals surface area contributed by atoms with Crippen LogP contribution in [0, 0.1) is 12.3 Å². The number of hydrogen-bond donors (Lipinski definition) is 0. The van der Waals surface area contributed by atoms with Gasteiger partial charge in [0.1, 0.15) is 0 Å². The van der Waals surface area contributed by atoms with E-state index in [0.717, 1.165) is 5.56 Å². The van der Waals surface area contributed by atoms with Crippen LogP contribution >= 0.6 is 0 Å². The van der Waals surface area contributed by atoms with Crippen molar-refractivity contribution in [2.75, 3.05) is 18.1 Å². The Labute approximate surface area is 119 Å². The lowest BCUT2D eigenvalue weighted by Gasteiger charge is -2.42. The number of sulfone groups is 1. The first-order chi connectivity index (χ1) is 9.10. The maximum atomic E-state index is 12.5. The molecular weight excluding hydrogens is 278 g/mol. The van der Waals surface area contributed by atoms with Gasteiger partial charge in [0.05, 0.1) is 23.8 Å². The first kappa shape index (κ1) is 15.1. The van der Waals surface area contributed by atoms with Gasteiger partial charge in [-0.3, -0.25) is 4.79 Å². The average molecular weight is 299 g/mol. The van der Waals surface area contributed by atoms with Crippen molar-refractivity contribution >= 4 is 15.7 Å². The molecule has 20 heavy (non-hydrogen) atoms. The van der Waals surface area contributed by atoms with Gasteiger partial charge in [0.15, 0.2) is 15.6 Å². The summed E-state index contributed by atoms with van der Waals surface area (Å²) in [6.07, 6.45) is 1.53. The smallest absolute Gasteiger partial charge is 0.289 e. The molecule has 0 bridgehead atoms. The van der Waals surface area contributed by atoms with E-state index < -0.39 is 9.84 Å². The van der Waals surface area contributed by atoms with E-state index in [1.165, 1.54) is 6.26 Å². The lowest BCUT2D eigenvalue weighted by molar-refractivity contribution is 0.0530. The van der Waals surface area contributed by atoms with Crippen LogP contribution in [-0.4, -0.2) is 43.3 Å². The summed E-state index contributed by atoms with van der Waals surface area (Å²) in [4.78, 5) is 14.2. The van der Waals surface area contributed by atoms with Crippen LogP contribution < -0.4 is 0 Å². The second-order valence-corrected chi connectivity index (χ2v) is 8.71. The Kier molecular flexibility index (Phi) is 3.71. The number of rotatable bonds is 1. The number of aryl methyl sites for hydroxylation is 1. The van der Waals surface area contributed by atoms with Crippen molar-refractivity contribution in [3.05, 3.63) is 23.7 Å². The van der Waals surface area contributed by atoms with Crippen molar-refractivity contribution in [2.24, 2.45) is 5.41 Å². The molecule has 5 nitrogen and oxygen atoms in total. The number of hydrogen-bond acceptors (Lipinski definition) is 4. The second-order valence-electron chi connectivity index (χ2n) is 6.48. The first-order valence-electron chi connectivity index (χ1n) is 6.67. The predicted octanol–water partition coefficient (Wildman–Crippen LogP) is 1.87. The van der Waals surface area contributed by atoms with Gasteiger partial charge in [-0.15, -0.1) is 0 Å². The maximum Gasteiger partial charge on any atom is 0.289 e. The van der Waals surface area contributed by atoms with Crippen molar-refractivity contribution in [3.63, 3.8) is 0 Å². The normalized spacial score (nSPS) is 22.8. The van der Waals surface area contributed by atoms with Crippen LogP contribution in [0.3, 0.4) is 0 Å². The van der Waals surface area contributed by atoms with Crippen LogP contribution in [0.25, 0.3) is 0 Å². The highest BCUT2D eigenvalue weighted by atomic mass is 32.2. The SMILES string of the molecule is Cc1coc(C(=O)N2CCS(=O)(=O)CC2C(C)(C)C)c1. The van der Waals surface area contributed by atoms with Crippen LogP contribution in [0.2, 0.25) is 0 Å². The molecule has 2 heterocycles. The molecule has 2 rings (SSSR count). The lowest BCUT2D eigenvalue weighted by atomic mass is 9.86. The van der Waals surface area contributed by atoms with Gasteiger partial charge in [0.2, 0.25) is 0 Å². The van der Waals surface area contributed by atoms with Crippen LogP contribution in [0.4, 0.5) is 0 Å². The van der Waals surface area contributed by atoms with E-state index in [4.69, 9.17) is 4.42 Å². The standard InChI is InChI=1S/C14H21NO4S/c1-10-7-11(19-8-10)13(16)15-5-6-20(17,18)9-12(15)14(2,3)4/h7-8,12H,5-6,9H2,1-4H3. The van der Waals surface area contributed by atoms with Crippen LogP contribution in [-0.2, 0) is 9.84 Å². The number of carbonyl (C=O) groups is 1. The highest BCUT2D eigenvalue weighted by Crippen LogP contribution is 2.30. The number of amides is 1. The monoisotopic (exact) mass is 299 g/mol. The molecule has 1 aromatic heterocycles. The highest BCUT2D eigenvalue weighted by molar-refractivity contribution is 7.91. The summed E-state index contributed by atoms with van der Waals surface area (Å²) in [5.41, 5.74) is 0.579. The van der Waals surface area contributed by atoms with E-state index in [2.05, 4.69) is 0 Å². The van der Waals surface area contributed by atoms with Gasteiger partial charge in [0, 0.05) is 6.54 Å². The summed E-state index contributed by atoms with van der Waals surface area (Å²) >= 11 is 0. The molecule has 1 aliphatic heterocycles. The molecule has 1 aliphatic rings. The van der Waals surface area contributed by atoms with Crippen molar-refractivity contribution in [1.82, 2.24) is 4.90 Å². The van der Waals surface area contributed by atoms with Crippen LogP contribution in [0.5, 0.6) is 0 Å². The van der Waals surface area contributed by atoms with E-state index in [1.807, 2.05) is 27.7 Å². The van der Waals surface area contributed by atoms with Gasteiger partial charge in [-0.2, -0.15) is 0 Å². The third-order valence-electron chi connectivity index (χ3n) is 3.63. The molecular formula is C14H21NO4S. The van der Waals surface area contributed by atoms with Crippen molar-refractivity contribution < 1.29 is 17.6 Å². The number of nitrogens with zero attached hydrogens (tertiary/aromatic N) is 1. The fraction of sp³-hybridized carbons (Fsp3) is 0.643. The van der Waals surface area contributed by atoms with Crippen LogP contribution in [0.15, 0.2) is 16.7 Å². The summed E-state index contributed by atoms with van der Waals surface area (Å²) in [6.45, 7) is 7.93. The lowest BCUT2D eigenvalue weighted by Crippen LogP contribution is -2.56. The fourth-order valence-corrected chi connectivity index (χ4v) is 4.26. The average Bonchev–Trinajstić information content (AvgIpc) is 2.73. The van der Waals surface area contributed by atoms with Crippen LogP contribution in [0.1, 0.15) is 36.9 Å². The molecule has 0 radical (unpaired) electrons. The Hall–Kier alpha value is -1.30. The Morgan fingerprint density at radius 1 is 1.40 bits per heavy atom. The van der Waals surface area contributed by atoms with Gasteiger partial charge < -0.3 is 9.32 Å². The van der Waals surface area contributed by atoms with Gasteiger partial charge in [-0.05, 0) is 24.0 Å². The van der Waals surface area contributed by atoms with Gasteiger partial charge in [0.25, 0.3) is 5.91 Å². The summed E-state index contributed by atoms with van der Waals surface area (Å²) in [6, 6.07) is 1.35. The molecule has 6 heteroatoms. The minimum Gasteiger partial charge on any atom is -0.459 e. The first-order valence-corrected chi connectivity index (χ1v) is 8.49. The Bertz CT molecular complexity index is 609. The zero-order valence-corrected chi connectivity index (χ0v) is 13.2. The number of carbonyl (C=O) groups excluding carboxylic acids is 1. The molecule has 1 saturated heterocycles. The Morgan fingerprint density at radius 2 is 2.05 bits per heavy atom. The Morgan fingerprint density at radius 3 is 2.55 bits per heavy atom. The Balaban J connectivity index is 2.31. The molecule has 0 N–H and O–H groups in total. The fourth-order valence-electron chi connectivity index (χ4n) is 2.45. The molecule has 1 aromatic rings. The summed E-state index contributed by atoms with van der Waals surface area (Å²) in [5.74, 6) is 0.0800. The summed E-state index contributed by atoms with van der Waals surface area (Å²) in [5, 5.41) is 0. The molecule has 0 aromatic carbocycles. The topological polar surface area (TPSA) is 67.6 Å². The van der Waals surface area contributed by atoms with E-state index in [0.29, 0.717) is 0 Å². The van der Waals surface area contributed by atoms with Gasteiger partial charge in [-0.25, -0.2) is 8.42 Å². The molecule has 1 amide bonds. The minimum absolute atomic E-state index is 0.0158. The molecule has 1 unspecified atom stereocenters. The summed E-state index contributed by atoms with van der Waals surface area (Å²) in [7, 11) is -3.08. The highest BCUT2D eigenvalue weighted by Gasteiger charge is 2.41. The molecule has 1 fully saturated rings. The van der Waals surface area contributed by atoms with E-state index in [-0.39, 0.29) is 41.2 Å². The third kappa shape index (κ3) is 3.06. The minimum atomic E-state index is -3.08. The molecule has 0 saturated carbocycles. The van der Waals surface area contributed by atoms with Gasteiger partial charge in [-0.1, -0.05) is 20.8 Å². The largest absolute Gasteiger partial charge is 0.459 e. The zero-order chi connectivity index (χ0) is 15.1. The zero-order valence-electron chi connectivity index (χ0n) is 12.3. The molecule has 0 aliphatic carbocycles. The molecule has 0 spiro atoms. The van der Waals surface area contributed by atoms with Gasteiger partial charge >= 0.3 is 0 Å². The number of furan rings is 1. The predicted molar refractivity (Wildman–Crippen MR) is 76.4 cm³/mol. The third-order valence-corrected chi connectivity index (χ3v) is 5.26. The van der Waals surface area contributed by atoms with E-state index >= 15 is 0 Å². The van der Waals surface area contributed by atoms with Crippen molar-refractivity contribution in [1.29, 1.82) is 0 Å². The summed E-state index contributed by atoms with van der Waals surface area (Å²) < 4.78 is 29.0. The second kappa shape index (κ2) is 4.91.